The molecule has 0 radical (unpaired) electrons. The zero-order chi connectivity index (χ0) is 9.84. The lowest BCUT2D eigenvalue weighted by Crippen LogP contribution is -2.06. The standard InChI is InChI=1S/C9H8N2O2/c1-2-9(10)7-3-5-8(6-4-7)11(12)13/h1,3-6,9H,10H2. The van der Waals surface area contributed by atoms with Crippen molar-refractivity contribution >= 4 is 5.69 Å². The number of non-ortho nitro benzene ring substituents is 1. The minimum absolute atomic E-state index is 0.0352. The zero-order valence-corrected chi connectivity index (χ0v) is 6.81. The molecule has 0 bridgehead atoms. The smallest absolute Gasteiger partial charge is 0.269 e. The molecule has 4 nitrogen and oxygen atoms in total. The Morgan fingerprint density at radius 3 is 2.38 bits per heavy atom. The van der Waals surface area contributed by atoms with Crippen molar-refractivity contribution in [2.45, 2.75) is 6.04 Å². The molecule has 0 aliphatic rings. The summed E-state index contributed by atoms with van der Waals surface area (Å²) in [6.45, 7) is 0. The van der Waals surface area contributed by atoms with E-state index in [0.29, 0.717) is 5.56 Å². The Morgan fingerprint density at radius 1 is 1.46 bits per heavy atom. The fraction of sp³-hybridized carbons (Fsp3) is 0.111. The van der Waals surface area contributed by atoms with Gasteiger partial charge in [-0.2, -0.15) is 0 Å². The Kier molecular flexibility index (Phi) is 2.62. The molecule has 0 aliphatic heterocycles. The Labute approximate surface area is 75.5 Å². The van der Waals surface area contributed by atoms with E-state index in [1.165, 1.54) is 12.1 Å². The largest absolute Gasteiger partial charge is 0.314 e. The third kappa shape index (κ3) is 2.04. The average Bonchev–Trinajstić information content (AvgIpc) is 2.17. The number of nitro benzene ring substituents is 1. The van der Waals surface area contributed by atoms with E-state index in [4.69, 9.17) is 12.2 Å². The van der Waals surface area contributed by atoms with Crippen LogP contribution in [0.25, 0.3) is 0 Å². The van der Waals surface area contributed by atoms with Gasteiger partial charge in [-0.05, 0) is 17.7 Å². The first-order valence-corrected chi connectivity index (χ1v) is 3.61. The second-order valence-electron chi connectivity index (χ2n) is 2.49. The van der Waals surface area contributed by atoms with Crippen LogP contribution in [0.15, 0.2) is 24.3 Å². The zero-order valence-electron chi connectivity index (χ0n) is 6.81. The third-order valence-corrected chi connectivity index (χ3v) is 1.64. The molecule has 1 aromatic rings. The molecule has 1 atom stereocenters. The predicted molar refractivity (Wildman–Crippen MR) is 48.9 cm³/mol. The lowest BCUT2D eigenvalue weighted by atomic mass is 10.1. The minimum atomic E-state index is -0.499. The highest BCUT2D eigenvalue weighted by Crippen LogP contribution is 2.15. The fourth-order valence-electron chi connectivity index (χ4n) is 0.900. The van der Waals surface area contributed by atoms with Crippen molar-refractivity contribution in [3.63, 3.8) is 0 Å². The summed E-state index contributed by atoms with van der Waals surface area (Å²) in [5, 5.41) is 10.3. The molecule has 0 spiro atoms. The summed E-state index contributed by atoms with van der Waals surface area (Å²) in [7, 11) is 0. The number of hydrogen-bond acceptors (Lipinski definition) is 3. The number of nitrogens with zero attached hydrogens (tertiary/aromatic N) is 1. The van der Waals surface area contributed by atoms with Crippen LogP contribution >= 0.6 is 0 Å². The summed E-state index contributed by atoms with van der Waals surface area (Å²) >= 11 is 0. The summed E-state index contributed by atoms with van der Waals surface area (Å²) in [6, 6.07) is 5.38. The summed E-state index contributed by atoms with van der Waals surface area (Å²) in [4.78, 5) is 9.82. The first kappa shape index (κ1) is 9.23. The summed E-state index contributed by atoms with van der Waals surface area (Å²) in [5.74, 6) is 2.34. The number of hydrogen-bond donors (Lipinski definition) is 1. The number of benzene rings is 1. The Bertz CT molecular complexity index is 351. The van der Waals surface area contributed by atoms with Crippen LogP contribution in [0, 0.1) is 22.5 Å². The van der Waals surface area contributed by atoms with E-state index in [9.17, 15) is 10.1 Å². The van der Waals surface area contributed by atoms with E-state index >= 15 is 0 Å². The van der Waals surface area contributed by atoms with Gasteiger partial charge in [0.25, 0.3) is 5.69 Å². The van der Waals surface area contributed by atoms with Gasteiger partial charge < -0.3 is 5.73 Å². The van der Waals surface area contributed by atoms with E-state index in [2.05, 4.69) is 5.92 Å². The van der Waals surface area contributed by atoms with Crippen LogP contribution in [0.3, 0.4) is 0 Å². The SMILES string of the molecule is C#CC(N)c1ccc([N+](=O)[O-])cc1. The van der Waals surface area contributed by atoms with E-state index in [1.54, 1.807) is 12.1 Å². The molecule has 1 aromatic carbocycles. The Hall–Kier alpha value is -1.86. The van der Waals surface area contributed by atoms with E-state index in [0.717, 1.165) is 0 Å². The van der Waals surface area contributed by atoms with Gasteiger partial charge in [-0.1, -0.05) is 5.92 Å². The van der Waals surface area contributed by atoms with Gasteiger partial charge in [0.1, 0.15) is 0 Å². The highest BCUT2D eigenvalue weighted by Gasteiger charge is 2.06. The van der Waals surface area contributed by atoms with Crippen molar-refractivity contribution in [2.24, 2.45) is 5.73 Å². The van der Waals surface area contributed by atoms with Gasteiger partial charge in [-0.3, -0.25) is 10.1 Å². The van der Waals surface area contributed by atoms with Crippen LogP contribution in [-0.2, 0) is 0 Å². The fourth-order valence-corrected chi connectivity index (χ4v) is 0.900. The number of nitro groups is 1. The maximum atomic E-state index is 10.3. The molecule has 0 saturated carbocycles. The summed E-state index contributed by atoms with van der Waals surface area (Å²) < 4.78 is 0. The monoisotopic (exact) mass is 176 g/mol. The molecule has 4 heteroatoms. The van der Waals surface area contributed by atoms with Crippen molar-refractivity contribution in [1.82, 2.24) is 0 Å². The second kappa shape index (κ2) is 3.70. The molecule has 1 unspecified atom stereocenters. The van der Waals surface area contributed by atoms with Gasteiger partial charge in [0.15, 0.2) is 0 Å². The topological polar surface area (TPSA) is 69.2 Å². The van der Waals surface area contributed by atoms with Crippen molar-refractivity contribution in [3.05, 3.63) is 39.9 Å². The molecule has 0 aliphatic carbocycles. The predicted octanol–water partition coefficient (Wildman–Crippen LogP) is 1.23. The average molecular weight is 176 g/mol. The Morgan fingerprint density at radius 2 is 2.00 bits per heavy atom. The van der Waals surface area contributed by atoms with Crippen molar-refractivity contribution < 1.29 is 4.92 Å². The van der Waals surface area contributed by atoms with Crippen LogP contribution < -0.4 is 5.73 Å². The third-order valence-electron chi connectivity index (χ3n) is 1.64. The van der Waals surface area contributed by atoms with Gasteiger partial charge in [-0.25, -0.2) is 0 Å². The van der Waals surface area contributed by atoms with Gasteiger partial charge >= 0.3 is 0 Å². The Balaban J connectivity index is 2.95. The summed E-state index contributed by atoms with van der Waals surface area (Å²) in [6.07, 6.45) is 5.09. The van der Waals surface area contributed by atoms with Crippen molar-refractivity contribution in [2.75, 3.05) is 0 Å². The molecular weight excluding hydrogens is 168 g/mol. The molecule has 0 aromatic heterocycles. The molecule has 2 N–H and O–H groups in total. The normalized spacial score (nSPS) is 11.7. The van der Waals surface area contributed by atoms with Crippen LogP contribution in [0.2, 0.25) is 0 Å². The number of nitrogens with two attached hydrogens (primary N) is 1. The van der Waals surface area contributed by atoms with E-state index < -0.39 is 11.0 Å². The lowest BCUT2D eigenvalue weighted by Gasteiger charge is -2.02. The van der Waals surface area contributed by atoms with Gasteiger partial charge in [-0.15, -0.1) is 6.42 Å². The van der Waals surface area contributed by atoms with Gasteiger partial charge in [0.05, 0.1) is 11.0 Å². The highest BCUT2D eigenvalue weighted by molar-refractivity contribution is 5.36. The number of rotatable bonds is 2. The lowest BCUT2D eigenvalue weighted by molar-refractivity contribution is -0.384. The van der Waals surface area contributed by atoms with Crippen LogP contribution in [0.5, 0.6) is 0 Å². The van der Waals surface area contributed by atoms with Crippen molar-refractivity contribution in [1.29, 1.82) is 0 Å². The van der Waals surface area contributed by atoms with Gasteiger partial charge in [0.2, 0.25) is 0 Å². The maximum Gasteiger partial charge on any atom is 0.269 e. The summed E-state index contributed by atoms with van der Waals surface area (Å²) in [5.41, 5.74) is 6.25. The molecule has 1 rings (SSSR count). The maximum absolute atomic E-state index is 10.3. The molecule has 66 valence electrons. The van der Waals surface area contributed by atoms with Crippen LogP contribution in [0.1, 0.15) is 11.6 Å². The first-order valence-electron chi connectivity index (χ1n) is 3.61. The molecule has 13 heavy (non-hydrogen) atoms. The highest BCUT2D eigenvalue weighted by atomic mass is 16.6. The van der Waals surface area contributed by atoms with Gasteiger partial charge in [0, 0.05) is 12.1 Å². The molecule has 0 fully saturated rings. The molecular formula is C9H8N2O2. The number of terminal acetylenes is 1. The van der Waals surface area contributed by atoms with Crippen LogP contribution in [-0.4, -0.2) is 4.92 Å². The molecule has 0 heterocycles. The quantitative estimate of drug-likeness (QED) is 0.418. The van der Waals surface area contributed by atoms with E-state index in [1.807, 2.05) is 0 Å². The minimum Gasteiger partial charge on any atom is -0.314 e. The van der Waals surface area contributed by atoms with E-state index in [-0.39, 0.29) is 5.69 Å². The molecule has 0 saturated heterocycles. The molecule has 0 amide bonds. The van der Waals surface area contributed by atoms with Crippen molar-refractivity contribution in [3.8, 4) is 12.3 Å². The first-order chi connectivity index (χ1) is 6.15. The second-order valence-corrected chi connectivity index (χ2v) is 2.49. The van der Waals surface area contributed by atoms with Crippen LogP contribution in [0.4, 0.5) is 5.69 Å².